The van der Waals surface area contributed by atoms with Crippen LogP contribution in [0.15, 0.2) is 48.6 Å². The summed E-state index contributed by atoms with van der Waals surface area (Å²) < 4.78 is 22.7. The van der Waals surface area contributed by atoms with Crippen molar-refractivity contribution >= 4 is 5.91 Å². The summed E-state index contributed by atoms with van der Waals surface area (Å²) in [7, 11) is 0. The van der Waals surface area contributed by atoms with Crippen molar-refractivity contribution in [1.82, 2.24) is 5.32 Å². The van der Waals surface area contributed by atoms with Crippen molar-refractivity contribution in [2.45, 2.75) is 312 Å². The maximum absolute atomic E-state index is 13.2. The van der Waals surface area contributed by atoms with Gasteiger partial charge in [-0.15, -0.1) is 0 Å². The van der Waals surface area contributed by atoms with Gasteiger partial charge in [-0.05, 0) is 64.2 Å². The molecule has 75 heavy (non-hydrogen) atoms. The van der Waals surface area contributed by atoms with Gasteiger partial charge in [-0.2, -0.15) is 0 Å². The van der Waals surface area contributed by atoms with Gasteiger partial charge in [0.05, 0.1) is 32.0 Å². The highest BCUT2D eigenvalue weighted by molar-refractivity contribution is 5.76. The normalized spacial score (nSPS) is 25.4. The minimum Gasteiger partial charge on any atom is -0.394 e. The largest absolute Gasteiger partial charge is 0.394 e. The van der Waals surface area contributed by atoms with E-state index in [1.165, 1.54) is 148 Å². The van der Waals surface area contributed by atoms with E-state index in [1.54, 1.807) is 6.08 Å². The van der Waals surface area contributed by atoms with Crippen LogP contribution in [0.25, 0.3) is 0 Å². The van der Waals surface area contributed by atoms with Crippen molar-refractivity contribution in [3.63, 3.8) is 0 Å². The van der Waals surface area contributed by atoms with Crippen LogP contribution in [0.5, 0.6) is 0 Å². The number of rotatable bonds is 48. The standard InChI is InChI=1S/C61H111NO13/c1-3-5-7-9-11-13-15-17-19-21-22-23-24-25-26-27-28-29-30-32-34-36-38-40-42-44-50(65)49(62-53(66)45-43-41-39-37-35-33-31-20-18-16-14-12-10-8-6-4-2)48-72-60-58(71)56(69)59(52(47-64)74-60)75-61-57(70)55(68)54(67)51(46-63)73-61/h14,16,20,31,34,36,42,44,49-52,54-61,63-65,67-71H,3-13,15,17-19,21-30,32-33,35,37-41,43,45-48H2,1-2H3,(H,62,66)/b16-14-,31-20-,36-34+,44-42+. The van der Waals surface area contributed by atoms with Gasteiger partial charge < -0.3 is 65.1 Å². The Morgan fingerprint density at radius 2 is 0.893 bits per heavy atom. The first-order valence-corrected chi connectivity index (χ1v) is 30.4. The zero-order valence-corrected chi connectivity index (χ0v) is 47.0. The molecule has 438 valence electrons. The Morgan fingerprint density at radius 1 is 0.480 bits per heavy atom. The molecular formula is C61H111NO13. The molecule has 0 saturated carbocycles. The fourth-order valence-corrected chi connectivity index (χ4v) is 9.81. The number of ether oxygens (including phenoxy) is 4. The van der Waals surface area contributed by atoms with Crippen LogP contribution in [0.3, 0.4) is 0 Å². The lowest BCUT2D eigenvalue weighted by atomic mass is 9.97. The molecule has 0 spiro atoms. The fourth-order valence-electron chi connectivity index (χ4n) is 9.81. The molecule has 2 heterocycles. The molecule has 0 aromatic heterocycles. The number of unbranched alkanes of at least 4 members (excludes halogenated alkanes) is 29. The summed E-state index contributed by atoms with van der Waals surface area (Å²) in [5.41, 5.74) is 0. The van der Waals surface area contributed by atoms with Gasteiger partial charge in [0.1, 0.15) is 48.8 Å². The molecule has 0 aliphatic carbocycles. The third kappa shape index (κ3) is 32.6. The summed E-state index contributed by atoms with van der Waals surface area (Å²) in [5.74, 6) is -0.262. The second kappa shape index (κ2) is 46.8. The summed E-state index contributed by atoms with van der Waals surface area (Å²) >= 11 is 0. The first-order valence-electron chi connectivity index (χ1n) is 30.4. The van der Waals surface area contributed by atoms with Crippen molar-refractivity contribution in [3.8, 4) is 0 Å². The molecule has 0 radical (unpaired) electrons. The van der Waals surface area contributed by atoms with E-state index in [0.29, 0.717) is 12.8 Å². The number of carbonyl (C=O) groups is 1. The van der Waals surface area contributed by atoms with Crippen LogP contribution in [0.2, 0.25) is 0 Å². The van der Waals surface area contributed by atoms with E-state index < -0.39 is 86.8 Å². The summed E-state index contributed by atoms with van der Waals surface area (Å²) in [6.07, 6.45) is 41.6. The summed E-state index contributed by atoms with van der Waals surface area (Å²) in [5, 5.41) is 87.1. The van der Waals surface area contributed by atoms with Gasteiger partial charge in [-0.1, -0.05) is 217 Å². The van der Waals surface area contributed by atoms with E-state index in [1.807, 2.05) is 6.08 Å². The molecule has 9 N–H and O–H groups in total. The lowest BCUT2D eigenvalue weighted by Gasteiger charge is -2.46. The SMILES string of the molecule is CCCCCC/C=C\C/C=C\CCCCCCCC(=O)NC(COC1OC(CO)C(OC2OC(CO)C(O)C(O)C2O)C(O)C1O)C(O)/C=C/CC/C=C/CCCCCCCCCCCCCCCCCCCCC. The molecular weight excluding hydrogens is 955 g/mol. The number of allylic oxidation sites excluding steroid dienone is 7. The van der Waals surface area contributed by atoms with Gasteiger partial charge in [0.15, 0.2) is 12.6 Å². The van der Waals surface area contributed by atoms with E-state index in [4.69, 9.17) is 18.9 Å². The Balaban J connectivity index is 1.77. The Bertz CT molecular complexity index is 1440. The number of aliphatic hydroxyl groups excluding tert-OH is 8. The highest BCUT2D eigenvalue weighted by Gasteiger charge is 2.51. The monoisotopic (exact) mass is 1070 g/mol. The molecule has 2 rings (SSSR count). The number of aliphatic hydroxyl groups is 8. The predicted octanol–water partition coefficient (Wildman–Crippen LogP) is 10.4. The van der Waals surface area contributed by atoms with Crippen LogP contribution >= 0.6 is 0 Å². The molecule has 2 aliphatic heterocycles. The van der Waals surface area contributed by atoms with E-state index >= 15 is 0 Å². The van der Waals surface area contributed by atoms with Crippen LogP contribution < -0.4 is 5.32 Å². The Hall–Kier alpha value is -2.05. The lowest BCUT2D eigenvalue weighted by Crippen LogP contribution is -2.65. The zero-order chi connectivity index (χ0) is 54.6. The van der Waals surface area contributed by atoms with Crippen molar-refractivity contribution in [3.05, 3.63) is 48.6 Å². The molecule has 14 heteroatoms. The topological polar surface area (TPSA) is 228 Å². The second-order valence-electron chi connectivity index (χ2n) is 21.5. The molecule has 0 aromatic carbocycles. The number of amides is 1. The van der Waals surface area contributed by atoms with Crippen LogP contribution in [0.1, 0.15) is 239 Å². The molecule has 2 fully saturated rings. The van der Waals surface area contributed by atoms with Gasteiger partial charge in [-0.25, -0.2) is 0 Å². The maximum Gasteiger partial charge on any atom is 0.220 e. The van der Waals surface area contributed by atoms with Crippen molar-refractivity contribution in [2.24, 2.45) is 0 Å². The minimum atomic E-state index is -1.79. The minimum absolute atomic E-state index is 0.257. The van der Waals surface area contributed by atoms with Crippen LogP contribution in [0, 0.1) is 0 Å². The lowest BCUT2D eigenvalue weighted by molar-refractivity contribution is -0.359. The maximum atomic E-state index is 13.2. The second-order valence-corrected chi connectivity index (χ2v) is 21.5. The summed E-state index contributed by atoms with van der Waals surface area (Å²) in [6, 6.07) is -0.940. The quantitative estimate of drug-likeness (QED) is 0.0204. The van der Waals surface area contributed by atoms with Crippen molar-refractivity contribution in [1.29, 1.82) is 0 Å². The predicted molar refractivity (Wildman–Crippen MR) is 300 cm³/mol. The number of hydrogen-bond donors (Lipinski definition) is 9. The smallest absolute Gasteiger partial charge is 0.220 e. The summed E-state index contributed by atoms with van der Waals surface area (Å²) in [6.45, 7) is 2.76. The van der Waals surface area contributed by atoms with Gasteiger partial charge in [0, 0.05) is 6.42 Å². The molecule has 2 saturated heterocycles. The average molecular weight is 1070 g/mol. The molecule has 14 nitrogen and oxygen atoms in total. The summed E-state index contributed by atoms with van der Waals surface area (Å²) in [4.78, 5) is 13.2. The number of nitrogens with one attached hydrogen (secondary N) is 1. The van der Waals surface area contributed by atoms with Gasteiger partial charge >= 0.3 is 0 Å². The fraction of sp³-hybridized carbons (Fsp3) is 0.852. The molecule has 12 atom stereocenters. The van der Waals surface area contributed by atoms with E-state index in [0.717, 1.165) is 57.8 Å². The van der Waals surface area contributed by atoms with Gasteiger partial charge in [0.25, 0.3) is 0 Å². The number of carbonyl (C=O) groups excluding carboxylic acids is 1. The molecule has 2 aliphatic rings. The van der Waals surface area contributed by atoms with E-state index in [2.05, 4.69) is 55.6 Å². The average Bonchev–Trinajstić information content (AvgIpc) is 3.41. The highest BCUT2D eigenvalue weighted by atomic mass is 16.7. The molecule has 0 aromatic rings. The van der Waals surface area contributed by atoms with Crippen LogP contribution in [-0.2, 0) is 23.7 Å². The molecule has 0 bridgehead atoms. The van der Waals surface area contributed by atoms with E-state index in [9.17, 15) is 45.6 Å². The Labute approximate surface area is 454 Å². The first-order chi connectivity index (χ1) is 36.6. The van der Waals surface area contributed by atoms with E-state index in [-0.39, 0.29) is 18.9 Å². The Kier molecular flexibility index (Phi) is 43.1. The van der Waals surface area contributed by atoms with Crippen molar-refractivity contribution < 1.29 is 64.6 Å². The first kappa shape index (κ1) is 69.1. The van der Waals surface area contributed by atoms with Gasteiger partial charge in [0.2, 0.25) is 5.91 Å². The zero-order valence-electron chi connectivity index (χ0n) is 47.0. The Morgan fingerprint density at radius 3 is 1.40 bits per heavy atom. The molecule has 1 amide bonds. The third-order valence-electron chi connectivity index (χ3n) is 14.7. The highest BCUT2D eigenvalue weighted by Crippen LogP contribution is 2.30. The molecule has 12 unspecified atom stereocenters. The number of hydrogen-bond acceptors (Lipinski definition) is 13. The van der Waals surface area contributed by atoms with Crippen LogP contribution in [-0.4, -0.2) is 140 Å². The van der Waals surface area contributed by atoms with Gasteiger partial charge in [-0.3, -0.25) is 4.79 Å². The van der Waals surface area contributed by atoms with Crippen LogP contribution in [0.4, 0.5) is 0 Å². The third-order valence-corrected chi connectivity index (χ3v) is 14.7. The van der Waals surface area contributed by atoms with Crippen molar-refractivity contribution in [2.75, 3.05) is 19.8 Å².